The number of alkyl halides is 3. The van der Waals surface area contributed by atoms with Crippen molar-refractivity contribution in [2.45, 2.75) is 26.6 Å². The van der Waals surface area contributed by atoms with Gasteiger partial charge in [-0.2, -0.15) is 13.2 Å². The van der Waals surface area contributed by atoms with Gasteiger partial charge < -0.3 is 15.8 Å². The number of carbonyl (C=O) groups is 1. The highest BCUT2D eigenvalue weighted by molar-refractivity contribution is 5.96. The predicted octanol–water partition coefficient (Wildman–Crippen LogP) is 4.18. The van der Waals surface area contributed by atoms with Gasteiger partial charge in [0.05, 0.1) is 0 Å². The van der Waals surface area contributed by atoms with E-state index in [2.05, 4.69) is 5.32 Å². The molecule has 0 fully saturated rings. The molecule has 0 atom stereocenters. The molecular weight excluding hydrogens is 369 g/mol. The second kappa shape index (κ2) is 8.80. The van der Waals surface area contributed by atoms with E-state index < -0.39 is 12.8 Å². The van der Waals surface area contributed by atoms with Gasteiger partial charge in [0.25, 0.3) is 5.91 Å². The van der Waals surface area contributed by atoms with E-state index in [-0.39, 0.29) is 30.6 Å². The number of hydrogen-bond acceptors (Lipinski definition) is 3. The molecule has 4 nitrogen and oxygen atoms in total. The van der Waals surface area contributed by atoms with E-state index in [1.165, 1.54) is 6.07 Å². The van der Waals surface area contributed by atoms with Crippen molar-refractivity contribution in [3.05, 3.63) is 58.7 Å². The van der Waals surface area contributed by atoms with Crippen molar-refractivity contribution >= 4 is 24.0 Å². The lowest BCUT2D eigenvalue weighted by atomic mass is 10.1. The van der Waals surface area contributed by atoms with Gasteiger partial charge in [-0.25, -0.2) is 0 Å². The highest BCUT2D eigenvalue weighted by Gasteiger charge is 2.28. The van der Waals surface area contributed by atoms with Crippen LogP contribution in [0.2, 0.25) is 0 Å². The van der Waals surface area contributed by atoms with E-state index in [0.717, 1.165) is 11.1 Å². The summed E-state index contributed by atoms with van der Waals surface area (Å²) in [6.45, 7) is 2.18. The van der Waals surface area contributed by atoms with Crippen molar-refractivity contribution < 1.29 is 22.7 Å². The molecule has 1 amide bonds. The quantitative estimate of drug-likeness (QED) is 0.755. The molecule has 2 aromatic carbocycles. The van der Waals surface area contributed by atoms with Gasteiger partial charge in [0, 0.05) is 23.4 Å². The van der Waals surface area contributed by atoms with Gasteiger partial charge in [-0.3, -0.25) is 4.79 Å². The van der Waals surface area contributed by atoms with Gasteiger partial charge in [0.1, 0.15) is 5.75 Å². The molecule has 26 heavy (non-hydrogen) atoms. The number of nitrogens with two attached hydrogens (primary N) is 1. The third-order valence-electron chi connectivity index (χ3n) is 3.56. The number of aryl methyl sites for hydroxylation is 2. The summed E-state index contributed by atoms with van der Waals surface area (Å²) in [4.78, 5) is 12.3. The first-order valence-electron chi connectivity index (χ1n) is 7.59. The van der Waals surface area contributed by atoms with Gasteiger partial charge in [-0.05, 0) is 43.2 Å². The van der Waals surface area contributed by atoms with Crippen LogP contribution in [-0.4, -0.2) is 18.7 Å². The number of nitrogen functional groups attached to an aromatic ring is 1. The average Bonchev–Trinajstić information content (AvgIpc) is 2.53. The Labute approximate surface area is 155 Å². The minimum atomic E-state index is -4.43. The predicted molar refractivity (Wildman–Crippen MR) is 96.7 cm³/mol. The first-order valence-corrected chi connectivity index (χ1v) is 7.59. The topological polar surface area (TPSA) is 64.4 Å². The number of benzene rings is 2. The normalized spacial score (nSPS) is 10.8. The van der Waals surface area contributed by atoms with Crippen molar-refractivity contribution in [1.82, 2.24) is 5.32 Å². The van der Waals surface area contributed by atoms with E-state index in [0.29, 0.717) is 16.8 Å². The standard InChI is InChI=1S/C18H19F3N2O2.ClH/c1-11-3-5-13(16(7-11)25-10-18(19,20)21)9-23-17(24)15-8-14(22)6-4-12(15)2;/h3-8H,9-10,22H2,1-2H3,(H,23,24);1H. The van der Waals surface area contributed by atoms with Crippen LogP contribution in [0.15, 0.2) is 36.4 Å². The number of amides is 1. The maximum atomic E-state index is 12.4. The summed E-state index contributed by atoms with van der Waals surface area (Å²) < 4.78 is 42.0. The van der Waals surface area contributed by atoms with E-state index in [1.54, 1.807) is 44.2 Å². The summed E-state index contributed by atoms with van der Waals surface area (Å²) >= 11 is 0. The Kier molecular flexibility index (Phi) is 7.32. The molecule has 0 heterocycles. The largest absolute Gasteiger partial charge is 0.484 e. The van der Waals surface area contributed by atoms with Gasteiger partial charge in [0.2, 0.25) is 0 Å². The maximum absolute atomic E-state index is 12.4. The number of nitrogens with one attached hydrogen (secondary N) is 1. The maximum Gasteiger partial charge on any atom is 0.422 e. The SMILES string of the molecule is Cc1ccc(CNC(=O)c2cc(N)ccc2C)c(OCC(F)(F)F)c1.Cl. The number of carbonyl (C=O) groups excluding carboxylic acids is 1. The Balaban J connectivity index is 0.00000338. The zero-order chi connectivity index (χ0) is 18.6. The summed E-state index contributed by atoms with van der Waals surface area (Å²) in [5, 5.41) is 2.68. The van der Waals surface area contributed by atoms with E-state index in [9.17, 15) is 18.0 Å². The minimum Gasteiger partial charge on any atom is -0.484 e. The third kappa shape index (κ3) is 6.15. The summed E-state index contributed by atoms with van der Waals surface area (Å²) in [6.07, 6.45) is -4.43. The van der Waals surface area contributed by atoms with Crippen LogP contribution < -0.4 is 15.8 Å². The Morgan fingerprint density at radius 1 is 1.15 bits per heavy atom. The van der Waals surface area contributed by atoms with Crippen molar-refractivity contribution in [1.29, 1.82) is 0 Å². The summed E-state index contributed by atoms with van der Waals surface area (Å²) in [6, 6.07) is 9.87. The average molecular weight is 389 g/mol. The summed E-state index contributed by atoms with van der Waals surface area (Å²) in [5.74, 6) is -0.255. The fraction of sp³-hybridized carbons (Fsp3) is 0.278. The zero-order valence-electron chi connectivity index (χ0n) is 14.3. The Bertz CT molecular complexity index is 780. The Morgan fingerprint density at radius 3 is 2.50 bits per heavy atom. The molecule has 0 bridgehead atoms. The van der Waals surface area contributed by atoms with Crippen molar-refractivity contribution in [3.8, 4) is 5.75 Å². The number of ether oxygens (including phenoxy) is 1. The van der Waals surface area contributed by atoms with E-state index in [1.807, 2.05) is 0 Å². The number of rotatable bonds is 5. The fourth-order valence-corrected chi connectivity index (χ4v) is 2.26. The number of anilines is 1. The van der Waals surface area contributed by atoms with E-state index in [4.69, 9.17) is 10.5 Å². The molecule has 8 heteroatoms. The van der Waals surface area contributed by atoms with Crippen molar-refractivity contribution in [2.75, 3.05) is 12.3 Å². The molecule has 0 unspecified atom stereocenters. The van der Waals surface area contributed by atoms with Crippen LogP contribution in [-0.2, 0) is 6.54 Å². The van der Waals surface area contributed by atoms with Crippen LogP contribution in [0.4, 0.5) is 18.9 Å². The molecule has 0 aliphatic carbocycles. The number of halogens is 4. The Hall–Kier alpha value is -2.41. The van der Waals surface area contributed by atoms with Gasteiger partial charge in [-0.1, -0.05) is 18.2 Å². The van der Waals surface area contributed by atoms with Crippen molar-refractivity contribution in [3.63, 3.8) is 0 Å². The first-order chi connectivity index (χ1) is 11.7. The zero-order valence-corrected chi connectivity index (χ0v) is 15.1. The summed E-state index contributed by atoms with van der Waals surface area (Å²) in [5.41, 5.74) is 8.55. The molecule has 0 saturated carbocycles. The lowest BCUT2D eigenvalue weighted by Crippen LogP contribution is -2.25. The molecule has 0 spiro atoms. The highest BCUT2D eigenvalue weighted by atomic mass is 35.5. The lowest BCUT2D eigenvalue weighted by Gasteiger charge is -2.15. The molecule has 0 aliphatic heterocycles. The van der Waals surface area contributed by atoms with Crippen LogP contribution in [0.25, 0.3) is 0 Å². The Morgan fingerprint density at radius 2 is 1.85 bits per heavy atom. The van der Waals surface area contributed by atoms with Gasteiger partial charge >= 0.3 is 6.18 Å². The number of hydrogen-bond donors (Lipinski definition) is 2. The molecular formula is C18H20ClF3N2O2. The van der Waals surface area contributed by atoms with Crippen LogP contribution in [0.1, 0.15) is 27.0 Å². The lowest BCUT2D eigenvalue weighted by molar-refractivity contribution is -0.153. The molecule has 0 aliphatic rings. The smallest absolute Gasteiger partial charge is 0.422 e. The first kappa shape index (κ1) is 21.6. The van der Waals surface area contributed by atoms with Gasteiger partial charge in [-0.15, -0.1) is 12.4 Å². The van der Waals surface area contributed by atoms with Crippen LogP contribution in [0.3, 0.4) is 0 Å². The minimum absolute atomic E-state index is 0. The van der Waals surface area contributed by atoms with E-state index >= 15 is 0 Å². The second-order valence-corrected chi connectivity index (χ2v) is 5.77. The van der Waals surface area contributed by atoms with Crippen LogP contribution >= 0.6 is 12.4 Å². The molecule has 2 aromatic rings. The summed E-state index contributed by atoms with van der Waals surface area (Å²) in [7, 11) is 0. The molecule has 0 radical (unpaired) electrons. The third-order valence-corrected chi connectivity index (χ3v) is 3.56. The molecule has 142 valence electrons. The molecule has 0 aromatic heterocycles. The van der Waals surface area contributed by atoms with Crippen LogP contribution in [0.5, 0.6) is 5.75 Å². The van der Waals surface area contributed by atoms with Crippen LogP contribution in [0, 0.1) is 13.8 Å². The molecule has 3 N–H and O–H groups in total. The molecule has 2 rings (SSSR count). The van der Waals surface area contributed by atoms with Crippen molar-refractivity contribution in [2.24, 2.45) is 0 Å². The highest BCUT2D eigenvalue weighted by Crippen LogP contribution is 2.24. The van der Waals surface area contributed by atoms with Gasteiger partial charge in [0.15, 0.2) is 6.61 Å². The fourth-order valence-electron chi connectivity index (χ4n) is 2.26. The monoisotopic (exact) mass is 388 g/mol. The second-order valence-electron chi connectivity index (χ2n) is 5.77. The molecule has 0 saturated heterocycles.